The monoisotopic (exact) mass is 276 g/mol. The van der Waals surface area contributed by atoms with E-state index in [-0.39, 0.29) is 5.84 Å². The molecule has 0 amide bonds. The van der Waals surface area contributed by atoms with Gasteiger partial charge in [-0.1, -0.05) is 55.6 Å². The Hall–Kier alpha value is -1.55. The van der Waals surface area contributed by atoms with Crippen LogP contribution < -0.4 is 5.73 Å². The zero-order valence-corrected chi connectivity index (χ0v) is 12.1. The van der Waals surface area contributed by atoms with E-state index in [4.69, 9.17) is 15.7 Å². The van der Waals surface area contributed by atoms with Crippen molar-refractivity contribution < 1.29 is 9.94 Å². The van der Waals surface area contributed by atoms with Gasteiger partial charge in [0.1, 0.15) is 0 Å². The number of rotatable bonds is 5. The molecular formula is C16H24N2O2. The van der Waals surface area contributed by atoms with Gasteiger partial charge >= 0.3 is 0 Å². The minimum Gasteiger partial charge on any atom is -0.409 e. The molecule has 0 spiro atoms. The van der Waals surface area contributed by atoms with Crippen molar-refractivity contribution in [2.24, 2.45) is 16.8 Å². The Bertz CT molecular complexity index is 442. The van der Waals surface area contributed by atoms with Crippen LogP contribution in [0, 0.1) is 5.92 Å². The fourth-order valence-corrected chi connectivity index (χ4v) is 2.81. The number of nitrogens with two attached hydrogens (primary N) is 1. The summed E-state index contributed by atoms with van der Waals surface area (Å²) in [6.07, 6.45) is 6.67. The highest BCUT2D eigenvalue weighted by Gasteiger charge is 2.21. The molecule has 110 valence electrons. The van der Waals surface area contributed by atoms with Gasteiger partial charge in [-0.15, -0.1) is 0 Å². The summed E-state index contributed by atoms with van der Waals surface area (Å²) in [5, 5.41) is 11.6. The van der Waals surface area contributed by atoms with Crippen molar-refractivity contribution >= 4 is 5.84 Å². The van der Waals surface area contributed by atoms with Gasteiger partial charge < -0.3 is 15.7 Å². The number of oxime groups is 1. The third-order valence-corrected chi connectivity index (χ3v) is 4.16. The number of amidine groups is 1. The van der Waals surface area contributed by atoms with Gasteiger partial charge in [0.2, 0.25) is 0 Å². The fourth-order valence-electron chi connectivity index (χ4n) is 2.81. The summed E-state index contributed by atoms with van der Waals surface area (Å²) in [6.45, 7) is 2.90. The van der Waals surface area contributed by atoms with Crippen molar-refractivity contribution in [2.75, 3.05) is 0 Å². The van der Waals surface area contributed by atoms with Crippen LogP contribution in [-0.4, -0.2) is 17.1 Å². The molecule has 4 heteroatoms. The smallest absolute Gasteiger partial charge is 0.170 e. The first kappa shape index (κ1) is 14.9. The zero-order chi connectivity index (χ0) is 14.4. The van der Waals surface area contributed by atoms with E-state index in [1.54, 1.807) is 0 Å². The average Bonchev–Trinajstić information content (AvgIpc) is 2.53. The molecule has 2 unspecified atom stereocenters. The number of benzene rings is 1. The van der Waals surface area contributed by atoms with Gasteiger partial charge in [-0.2, -0.15) is 0 Å². The number of hydrogen-bond donors (Lipinski definition) is 2. The third kappa shape index (κ3) is 3.97. The summed E-state index contributed by atoms with van der Waals surface area (Å²) in [5.74, 6) is 0.965. The number of hydrogen-bond acceptors (Lipinski definition) is 3. The van der Waals surface area contributed by atoms with E-state index < -0.39 is 0 Å². The number of nitrogens with zero attached hydrogens (tertiary/aromatic N) is 1. The molecule has 0 bridgehead atoms. The van der Waals surface area contributed by atoms with Crippen molar-refractivity contribution in [1.29, 1.82) is 0 Å². The molecule has 20 heavy (non-hydrogen) atoms. The molecule has 1 aromatic carbocycles. The highest BCUT2D eigenvalue weighted by Crippen LogP contribution is 2.28. The summed E-state index contributed by atoms with van der Waals surface area (Å²) in [6, 6.07) is 7.63. The maximum Gasteiger partial charge on any atom is 0.170 e. The van der Waals surface area contributed by atoms with Crippen LogP contribution in [0.1, 0.15) is 50.2 Å². The van der Waals surface area contributed by atoms with Crippen molar-refractivity contribution in [1.82, 2.24) is 0 Å². The summed E-state index contributed by atoms with van der Waals surface area (Å²) < 4.78 is 6.02. The largest absolute Gasteiger partial charge is 0.409 e. The second-order valence-corrected chi connectivity index (χ2v) is 5.56. The van der Waals surface area contributed by atoms with Gasteiger partial charge in [0, 0.05) is 5.56 Å². The predicted octanol–water partition coefficient (Wildman–Crippen LogP) is 3.27. The Labute approximate surface area is 120 Å². The van der Waals surface area contributed by atoms with Gasteiger partial charge in [0.05, 0.1) is 12.7 Å². The van der Waals surface area contributed by atoms with Crippen LogP contribution >= 0.6 is 0 Å². The molecule has 1 aliphatic carbocycles. The van der Waals surface area contributed by atoms with Crippen LogP contribution in [0.2, 0.25) is 0 Å². The van der Waals surface area contributed by atoms with Crippen LogP contribution in [-0.2, 0) is 11.3 Å². The Morgan fingerprint density at radius 3 is 2.75 bits per heavy atom. The van der Waals surface area contributed by atoms with Crippen LogP contribution in [0.15, 0.2) is 29.4 Å². The molecule has 2 atom stereocenters. The van der Waals surface area contributed by atoms with E-state index >= 15 is 0 Å². The normalized spacial score (nSPS) is 23.8. The first-order chi connectivity index (χ1) is 9.72. The van der Waals surface area contributed by atoms with Gasteiger partial charge in [0.25, 0.3) is 0 Å². The first-order valence-corrected chi connectivity index (χ1v) is 7.41. The fraction of sp³-hybridized carbons (Fsp3) is 0.562. The van der Waals surface area contributed by atoms with Crippen LogP contribution in [0.4, 0.5) is 0 Å². The van der Waals surface area contributed by atoms with Crippen molar-refractivity contribution in [3.63, 3.8) is 0 Å². The molecule has 0 saturated heterocycles. The van der Waals surface area contributed by atoms with Crippen molar-refractivity contribution in [3.05, 3.63) is 35.4 Å². The van der Waals surface area contributed by atoms with Crippen molar-refractivity contribution in [2.45, 2.75) is 51.7 Å². The zero-order valence-electron chi connectivity index (χ0n) is 12.1. The number of ether oxygens (including phenoxy) is 1. The maximum absolute atomic E-state index is 8.62. The molecule has 1 aromatic rings. The van der Waals surface area contributed by atoms with Gasteiger partial charge in [-0.25, -0.2) is 0 Å². The Morgan fingerprint density at radius 2 is 2.10 bits per heavy atom. The van der Waals surface area contributed by atoms with E-state index in [0.29, 0.717) is 12.7 Å². The van der Waals surface area contributed by atoms with Crippen LogP contribution in [0.25, 0.3) is 0 Å². The second kappa shape index (κ2) is 7.29. The molecule has 1 saturated carbocycles. The molecule has 0 aromatic heterocycles. The standard InChI is InChI=1S/C16H24N2O2/c1-2-12-4-3-5-15(10-12)20-11-13-6-8-14(9-7-13)16(17)18-19/h6-9,12,15,19H,2-5,10-11H2,1H3,(H2,17,18). The van der Waals surface area contributed by atoms with E-state index in [1.807, 2.05) is 24.3 Å². The summed E-state index contributed by atoms with van der Waals surface area (Å²) in [4.78, 5) is 0. The maximum atomic E-state index is 8.62. The molecule has 0 aliphatic heterocycles. The Balaban J connectivity index is 1.84. The van der Waals surface area contributed by atoms with Gasteiger partial charge in [-0.05, 0) is 24.3 Å². The third-order valence-electron chi connectivity index (χ3n) is 4.16. The van der Waals surface area contributed by atoms with Crippen LogP contribution in [0.3, 0.4) is 0 Å². The quantitative estimate of drug-likeness (QED) is 0.375. The van der Waals surface area contributed by atoms with Crippen LogP contribution in [0.5, 0.6) is 0 Å². The SMILES string of the molecule is CCC1CCCC(OCc2ccc(C(N)=NO)cc2)C1. The molecule has 0 heterocycles. The topological polar surface area (TPSA) is 67.8 Å². The molecule has 3 N–H and O–H groups in total. The van der Waals surface area contributed by atoms with E-state index in [1.165, 1.54) is 32.1 Å². The molecule has 0 radical (unpaired) electrons. The van der Waals surface area contributed by atoms with E-state index in [9.17, 15) is 0 Å². The lowest BCUT2D eigenvalue weighted by Gasteiger charge is -2.28. The lowest BCUT2D eigenvalue weighted by atomic mass is 9.85. The lowest BCUT2D eigenvalue weighted by Crippen LogP contribution is -2.22. The molecule has 4 nitrogen and oxygen atoms in total. The Morgan fingerprint density at radius 1 is 1.35 bits per heavy atom. The van der Waals surface area contributed by atoms with E-state index in [0.717, 1.165) is 17.0 Å². The highest BCUT2D eigenvalue weighted by molar-refractivity contribution is 5.96. The first-order valence-electron chi connectivity index (χ1n) is 7.41. The summed E-state index contributed by atoms with van der Waals surface area (Å²) >= 11 is 0. The minimum absolute atomic E-state index is 0.135. The Kier molecular flexibility index (Phi) is 5.41. The molecule has 2 rings (SSSR count). The van der Waals surface area contributed by atoms with Crippen molar-refractivity contribution in [3.8, 4) is 0 Å². The van der Waals surface area contributed by atoms with Gasteiger partial charge in [-0.3, -0.25) is 0 Å². The highest BCUT2D eigenvalue weighted by atomic mass is 16.5. The molecule has 1 aliphatic rings. The minimum atomic E-state index is 0.135. The predicted molar refractivity (Wildman–Crippen MR) is 79.8 cm³/mol. The second-order valence-electron chi connectivity index (χ2n) is 5.56. The molecular weight excluding hydrogens is 252 g/mol. The van der Waals surface area contributed by atoms with Gasteiger partial charge in [0.15, 0.2) is 5.84 Å². The summed E-state index contributed by atoms with van der Waals surface area (Å²) in [7, 11) is 0. The average molecular weight is 276 g/mol. The lowest BCUT2D eigenvalue weighted by molar-refractivity contribution is 0.00177. The molecule has 1 fully saturated rings. The van der Waals surface area contributed by atoms with E-state index in [2.05, 4.69) is 12.1 Å². The summed E-state index contributed by atoms with van der Waals surface area (Å²) in [5.41, 5.74) is 7.38.